The third-order valence-electron chi connectivity index (χ3n) is 6.86. The molecule has 0 saturated carbocycles. The molecule has 1 N–H and O–H groups in total. The molecule has 0 saturated heterocycles. The van der Waals surface area contributed by atoms with Crippen molar-refractivity contribution >= 4 is 21.6 Å². The molecule has 5 rings (SSSR count). The predicted octanol–water partition coefficient (Wildman–Crippen LogP) is 4.79. The highest BCUT2D eigenvalue weighted by atomic mass is 32.2. The molecule has 2 aliphatic rings. The zero-order chi connectivity index (χ0) is 24.4. The number of benzene rings is 3. The summed E-state index contributed by atoms with van der Waals surface area (Å²) >= 11 is 0. The first-order chi connectivity index (χ1) is 17.0. The van der Waals surface area contributed by atoms with Crippen LogP contribution in [0, 0.1) is 0 Å². The second kappa shape index (κ2) is 9.74. The van der Waals surface area contributed by atoms with Gasteiger partial charge in [-0.15, -0.1) is 0 Å². The summed E-state index contributed by atoms with van der Waals surface area (Å²) in [7, 11) is -3.87. The highest BCUT2D eigenvalue weighted by Gasteiger charge is 2.38. The van der Waals surface area contributed by atoms with Crippen molar-refractivity contribution in [2.75, 3.05) is 10.8 Å². The smallest absolute Gasteiger partial charge is 0.264 e. The lowest BCUT2D eigenvalue weighted by Gasteiger charge is -2.35. The van der Waals surface area contributed by atoms with Crippen LogP contribution in [0.4, 0.5) is 5.69 Å². The Morgan fingerprint density at radius 3 is 2.49 bits per heavy atom. The molecule has 0 spiro atoms. The number of ether oxygens (including phenoxy) is 1. The van der Waals surface area contributed by atoms with Gasteiger partial charge in [0.1, 0.15) is 5.75 Å². The summed E-state index contributed by atoms with van der Waals surface area (Å²) in [5.41, 5.74) is 4.27. The number of nitrogens with zero attached hydrogens (tertiary/aromatic N) is 1. The fourth-order valence-corrected chi connectivity index (χ4v) is 6.44. The number of hydrogen-bond donors (Lipinski definition) is 1. The number of rotatable bonds is 6. The van der Waals surface area contributed by atoms with Gasteiger partial charge in [-0.3, -0.25) is 9.10 Å². The Morgan fingerprint density at radius 1 is 1.00 bits per heavy atom. The molecule has 6 nitrogen and oxygen atoms in total. The molecule has 7 heteroatoms. The molecule has 0 bridgehead atoms. The molecule has 0 fully saturated rings. The number of hydrogen-bond acceptors (Lipinski definition) is 4. The average molecular weight is 491 g/mol. The van der Waals surface area contributed by atoms with Gasteiger partial charge in [0, 0.05) is 0 Å². The van der Waals surface area contributed by atoms with E-state index in [0.717, 1.165) is 24.8 Å². The Labute approximate surface area is 207 Å². The molecule has 1 amide bonds. The molecule has 1 heterocycles. The number of sulfonamides is 1. The minimum atomic E-state index is -3.87. The van der Waals surface area contributed by atoms with Crippen molar-refractivity contribution in [3.63, 3.8) is 0 Å². The number of amides is 1. The van der Waals surface area contributed by atoms with Crippen molar-refractivity contribution in [3.05, 3.63) is 89.5 Å². The van der Waals surface area contributed by atoms with Crippen molar-refractivity contribution in [2.45, 2.75) is 56.1 Å². The third kappa shape index (κ3) is 4.65. The van der Waals surface area contributed by atoms with Crippen LogP contribution in [0.2, 0.25) is 0 Å². The van der Waals surface area contributed by atoms with Gasteiger partial charge in [0.2, 0.25) is 0 Å². The summed E-state index contributed by atoms with van der Waals surface area (Å²) in [6.45, 7) is 1.94. The number of carbonyl (C=O) groups excluding carboxylic acids is 1. The van der Waals surface area contributed by atoms with Crippen molar-refractivity contribution in [3.8, 4) is 5.75 Å². The maximum atomic E-state index is 13.5. The Morgan fingerprint density at radius 2 is 1.71 bits per heavy atom. The van der Waals surface area contributed by atoms with Gasteiger partial charge in [0.05, 0.1) is 23.2 Å². The lowest BCUT2D eigenvalue weighted by Crippen LogP contribution is -2.51. The van der Waals surface area contributed by atoms with E-state index < -0.39 is 16.1 Å². The van der Waals surface area contributed by atoms with Crippen molar-refractivity contribution in [1.82, 2.24) is 5.32 Å². The van der Waals surface area contributed by atoms with E-state index in [2.05, 4.69) is 23.5 Å². The number of fused-ring (bicyclic) bond motifs is 2. The Balaban J connectivity index is 1.40. The largest absolute Gasteiger partial charge is 0.476 e. The van der Waals surface area contributed by atoms with Gasteiger partial charge in [-0.2, -0.15) is 0 Å². The molecule has 182 valence electrons. The van der Waals surface area contributed by atoms with Gasteiger partial charge in [-0.05, 0) is 73.1 Å². The highest BCUT2D eigenvalue weighted by Crippen LogP contribution is 2.37. The first-order valence-corrected chi connectivity index (χ1v) is 13.7. The molecule has 2 atom stereocenters. The monoisotopic (exact) mass is 490 g/mol. The van der Waals surface area contributed by atoms with E-state index in [9.17, 15) is 13.2 Å². The van der Waals surface area contributed by atoms with Gasteiger partial charge in [-0.1, -0.05) is 55.5 Å². The number of aryl methyl sites for hydroxylation is 2. The lowest BCUT2D eigenvalue weighted by atomic mass is 9.88. The van der Waals surface area contributed by atoms with E-state index in [1.165, 1.54) is 28.3 Å². The second-order valence-electron chi connectivity index (χ2n) is 9.13. The van der Waals surface area contributed by atoms with E-state index >= 15 is 0 Å². The molecule has 0 aromatic heterocycles. The number of para-hydroxylation sites is 2. The van der Waals surface area contributed by atoms with Crippen molar-refractivity contribution in [2.24, 2.45) is 0 Å². The Hall–Kier alpha value is -3.32. The first kappa shape index (κ1) is 23.4. The van der Waals surface area contributed by atoms with Gasteiger partial charge >= 0.3 is 0 Å². The fourth-order valence-electron chi connectivity index (χ4n) is 4.94. The first-order valence-electron chi connectivity index (χ1n) is 12.2. The second-order valence-corrected chi connectivity index (χ2v) is 11.0. The standard InChI is InChI=1S/C28H30N2O4S/c1-2-24(22-17-16-20-10-6-7-11-21(20)18-22)29-28(31)27-19-30(25-14-8-9-15-26(25)34-27)35(32,33)23-12-4-3-5-13-23/h3-5,8-9,12-18,24,27H,2,6-7,10-11,19H2,1H3,(H,29,31)/t24-,27+/m0/s1. The summed E-state index contributed by atoms with van der Waals surface area (Å²) < 4.78 is 34.3. The lowest BCUT2D eigenvalue weighted by molar-refractivity contribution is -0.128. The number of nitrogens with one attached hydrogen (secondary N) is 1. The van der Waals surface area contributed by atoms with Gasteiger partial charge in [0.15, 0.2) is 6.10 Å². The predicted molar refractivity (Wildman–Crippen MR) is 136 cm³/mol. The van der Waals surface area contributed by atoms with Gasteiger partial charge in [-0.25, -0.2) is 8.42 Å². The van der Waals surface area contributed by atoms with Crippen LogP contribution in [0.3, 0.4) is 0 Å². The van der Waals surface area contributed by atoms with Crippen LogP contribution in [0.1, 0.15) is 48.9 Å². The minimum absolute atomic E-state index is 0.0965. The fraction of sp³-hybridized carbons (Fsp3) is 0.321. The topological polar surface area (TPSA) is 75.7 Å². The SMILES string of the molecule is CC[C@H](NC(=O)[C@H]1CN(S(=O)(=O)c2ccccc2)c2ccccc2O1)c1ccc2c(c1)CCCC2. The zero-order valence-electron chi connectivity index (χ0n) is 19.8. The normalized spacial score (nSPS) is 18.1. The van der Waals surface area contributed by atoms with E-state index in [0.29, 0.717) is 11.4 Å². The molecule has 0 radical (unpaired) electrons. The van der Waals surface area contributed by atoms with Crippen LogP contribution < -0.4 is 14.4 Å². The van der Waals surface area contributed by atoms with E-state index in [1.807, 2.05) is 6.92 Å². The Kier molecular flexibility index (Phi) is 6.52. The van der Waals surface area contributed by atoms with Gasteiger partial charge < -0.3 is 10.1 Å². The minimum Gasteiger partial charge on any atom is -0.476 e. The molecule has 1 aliphatic carbocycles. The molecular weight excluding hydrogens is 460 g/mol. The van der Waals surface area contributed by atoms with Gasteiger partial charge in [0.25, 0.3) is 15.9 Å². The third-order valence-corrected chi connectivity index (χ3v) is 8.65. The molecule has 0 unspecified atom stereocenters. The van der Waals surface area contributed by atoms with Crippen molar-refractivity contribution in [1.29, 1.82) is 0 Å². The van der Waals surface area contributed by atoms with E-state index in [-0.39, 0.29) is 23.4 Å². The van der Waals surface area contributed by atoms with Crippen LogP contribution in [-0.4, -0.2) is 27.0 Å². The zero-order valence-corrected chi connectivity index (χ0v) is 20.6. The van der Waals surface area contributed by atoms with Crippen molar-refractivity contribution < 1.29 is 17.9 Å². The van der Waals surface area contributed by atoms with Crippen LogP contribution in [0.25, 0.3) is 0 Å². The maximum Gasteiger partial charge on any atom is 0.264 e. The molecule has 35 heavy (non-hydrogen) atoms. The van der Waals surface area contributed by atoms with Crippen LogP contribution in [-0.2, 0) is 27.7 Å². The van der Waals surface area contributed by atoms with Crippen LogP contribution in [0.5, 0.6) is 5.75 Å². The van der Waals surface area contributed by atoms with Crippen LogP contribution in [0.15, 0.2) is 77.7 Å². The quantitative estimate of drug-likeness (QED) is 0.539. The maximum absolute atomic E-state index is 13.5. The Bertz CT molecular complexity index is 1320. The van der Waals surface area contributed by atoms with E-state index in [1.54, 1.807) is 54.6 Å². The van der Waals surface area contributed by atoms with E-state index in [4.69, 9.17) is 4.74 Å². The number of anilines is 1. The highest BCUT2D eigenvalue weighted by molar-refractivity contribution is 7.92. The average Bonchev–Trinajstić information content (AvgIpc) is 2.91. The summed E-state index contributed by atoms with van der Waals surface area (Å²) in [5, 5.41) is 3.12. The summed E-state index contributed by atoms with van der Waals surface area (Å²) in [6.07, 6.45) is 4.36. The summed E-state index contributed by atoms with van der Waals surface area (Å²) in [5.74, 6) is 0.0533. The number of carbonyl (C=O) groups is 1. The van der Waals surface area contributed by atoms with Crippen LogP contribution >= 0.6 is 0 Å². The molecule has 1 aliphatic heterocycles. The molecule has 3 aromatic carbocycles. The molecular formula is C28H30N2O4S. The molecule has 3 aromatic rings. The summed E-state index contributed by atoms with van der Waals surface area (Å²) in [4.78, 5) is 13.6. The summed E-state index contributed by atoms with van der Waals surface area (Å²) in [6, 6.07) is 21.5.